The van der Waals surface area contributed by atoms with Gasteiger partial charge in [-0.25, -0.2) is 4.98 Å². The summed E-state index contributed by atoms with van der Waals surface area (Å²) in [5.74, 6) is 0.000908. The minimum atomic E-state index is -0.423. The van der Waals surface area contributed by atoms with Gasteiger partial charge in [0.15, 0.2) is 4.96 Å². The summed E-state index contributed by atoms with van der Waals surface area (Å²) >= 11 is 1.33. The summed E-state index contributed by atoms with van der Waals surface area (Å²) < 4.78 is 1.77. The molecule has 2 aromatic heterocycles. The van der Waals surface area contributed by atoms with E-state index in [0.717, 1.165) is 12.8 Å². The summed E-state index contributed by atoms with van der Waals surface area (Å²) in [4.78, 5) is 31.0. The number of aromatic nitrogens is 2. The van der Waals surface area contributed by atoms with Gasteiger partial charge in [-0.3, -0.25) is 19.3 Å². The maximum atomic E-state index is 12.8. The molecule has 0 saturated heterocycles. The Kier molecular flexibility index (Phi) is 3.91. The quantitative estimate of drug-likeness (QED) is 0.526. The van der Waals surface area contributed by atoms with Gasteiger partial charge in [0.25, 0.3) is 11.6 Å². The molecular weight excluding hydrogens is 340 g/mol. The van der Waals surface area contributed by atoms with Gasteiger partial charge in [-0.15, -0.1) is 0 Å². The van der Waals surface area contributed by atoms with Crippen LogP contribution in [-0.2, 0) is 0 Å². The zero-order chi connectivity index (χ0) is 17.6. The van der Waals surface area contributed by atoms with Crippen LogP contribution in [0.2, 0.25) is 0 Å². The highest BCUT2D eigenvalue weighted by atomic mass is 32.1. The number of rotatable bonds is 3. The third kappa shape index (κ3) is 2.76. The van der Waals surface area contributed by atoms with Crippen molar-refractivity contribution in [2.45, 2.75) is 38.1 Å². The fourth-order valence-electron chi connectivity index (χ4n) is 3.52. The first-order valence-electron chi connectivity index (χ1n) is 8.38. The number of nitrogens with zero attached hydrogens (tertiary/aromatic N) is 4. The molecule has 0 unspecified atom stereocenters. The van der Waals surface area contributed by atoms with Crippen molar-refractivity contribution in [2.24, 2.45) is 0 Å². The molecule has 0 atom stereocenters. The minimum absolute atomic E-state index is 0.000908. The molecule has 25 heavy (non-hydrogen) atoms. The van der Waals surface area contributed by atoms with E-state index in [9.17, 15) is 14.9 Å². The number of amides is 1. The van der Waals surface area contributed by atoms with E-state index in [-0.39, 0.29) is 11.6 Å². The second kappa shape index (κ2) is 6.11. The van der Waals surface area contributed by atoms with Crippen LogP contribution in [0.5, 0.6) is 0 Å². The van der Waals surface area contributed by atoms with E-state index in [2.05, 4.69) is 4.98 Å². The summed E-state index contributed by atoms with van der Waals surface area (Å²) in [5, 5.41) is 11.0. The van der Waals surface area contributed by atoms with Crippen molar-refractivity contribution in [3.8, 4) is 0 Å². The Morgan fingerprint density at radius 3 is 2.84 bits per heavy atom. The second-order valence-electron chi connectivity index (χ2n) is 6.50. The molecule has 1 saturated carbocycles. The van der Waals surface area contributed by atoms with Gasteiger partial charge in [-0.1, -0.05) is 30.6 Å². The van der Waals surface area contributed by atoms with Gasteiger partial charge in [0.1, 0.15) is 4.88 Å². The first-order valence-corrected chi connectivity index (χ1v) is 9.19. The number of hydrogen-bond donors (Lipinski definition) is 0. The molecule has 1 aliphatic rings. The number of fused-ring (bicyclic) bond motifs is 3. The Balaban J connectivity index is 1.69. The highest BCUT2D eigenvalue weighted by Crippen LogP contribution is 2.29. The third-order valence-corrected chi connectivity index (χ3v) is 5.92. The van der Waals surface area contributed by atoms with Crippen LogP contribution in [-0.4, -0.2) is 38.2 Å². The van der Waals surface area contributed by atoms with Crippen molar-refractivity contribution >= 4 is 38.9 Å². The molecule has 8 heteroatoms. The Bertz CT molecular complexity index is 971. The van der Waals surface area contributed by atoms with E-state index in [1.165, 1.54) is 42.7 Å². The van der Waals surface area contributed by atoms with Crippen molar-refractivity contribution in [3.05, 3.63) is 39.4 Å². The van der Waals surface area contributed by atoms with Crippen LogP contribution in [0.4, 0.5) is 5.69 Å². The molecule has 1 amide bonds. The molecule has 3 aromatic rings. The van der Waals surface area contributed by atoms with Crippen LogP contribution in [0.25, 0.3) is 16.0 Å². The lowest BCUT2D eigenvalue weighted by Gasteiger charge is -2.30. The van der Waals surface area contributed by atoms with E-state index in [4.69, 9.17) is 0 Å². The van der Waals surface area contributed by atoms with E-state index in [1.54, 1.807) is 16.7 Å². The number of carbonyl (C=O) groups is 1. The first-order chi connectivity index (χ1) is 12.0. The Morgan fingerprint density at radius 2 is 2.12 bits per heavy atom. The molecule has 0 aliphatic heterocycles. The summed E-state index contributed by atoms with van der Waals surface area (Å²) in [6.07, 6.45) is 7.45. The highest BCUT2D eigenvalue weighted by Gasteiger charge is 2.25. The zero-order valence-corrected chi connectivity index (χ0v) is 14.7. The molecule has 2 heterocycles. The fourth-order valence-corrected chi connectivity index (χ4v) is 4.50. The summed E-state index contributed by atoms with van der Waals surface area (Å²) in [6, 6.07) is 4.89. The number of non-ortho nitro benzene ring substituents is 1. The van der Waals surface area contributed by atoms with Crippen LogP contribution in [0.3, 0.4) is 0 Å². The van der Waals surface area contributed by atoms with Gasteiger partial charge in [0.2, 0.25) is 0 Å². The molecule has 4 rings (SSSR count). The van der Waals surface area contributed by atoms with E-state index in [0.29, 0.717) is 26.9 Å². The van der Waals surface area contributed by atoms with E-state index >= 15 is 0 Å². The lowest BCUT2D eigenvalue weighted by molar-refractivity contribution is -0.384. The van der Waals surface area contributed by atoms with Crippen molar-refractivity contribution in [3.63, 3.8) is 0 Å². The van der Waals surface area contributed by atoms with Gasteiger partial charge in [0.05, 0.1) is 16.0 Å². The van der Waals surface area contributed by atoms with Crippen LogP contribution >= 0.6 is 11.3 Å². The molecule has 130 valence electrons. The number of carbonyl (C=O) groups excluding carboxylic acids is 1. The van der Waals surface area contributed by atoms with Crippen LogP contribution in [0.15, 0.2) is 24.4 Å². The topological polar surface area (TPSA) is 80.8 Å². The molecule has 1 aromatic carbocycles. The number of hydrogen-bond acceptors (Lipinski definition) is 5. The average molecular weight is 358 g/mol. The summed E-state index contributed by atoms with van der Waals surface area (Å²) in [5.41, 5.74) is 1.36. The number of imidazole rings is 1. The predicted octanol–water partition coefficient (Wildman–Crippen LogP) is 3.86. The number of benzene rings is 1. The van der Waals surface area contributed by atoms with Crippen LogP contribution in [0, 0.1) is 10.1 Å². The van der Waals surface area contributed by atoms with Crippen LogP contribution in [0.1, 0.15) is 41.8 Å². The zero-order valence-electron chi connectivity index (χ0n) is 13.8. The SMILES string of the molecule is CN(C(=O)c1cn2c(nc3ccc([N+](=O)[O-])cc32)s1)C1CCCCC1. The minimum Gasteiger partial charge on any atom is -0.338 e. The maximum absolute atomic E-state index is 12.8. The van der Waals surface area contributed by atoms with Crippen LogP contribution < -0.4 is 0 Å². The van der Waals surface area contributed by atoms with Gasteiger partial charge in [-0.05, 0) is 18.9 Å². The smallest absolute Gasteiger partial charge is 0.271 e. The number of nitro benzene ring substituents is 1. The van der Waals surface area contributed by atoms with Crippen molar-refractivity contribution in [2.75, 3.05) is 7.05 Å². The number of thiazole rings is 1. The molecule has 7 nitrogen and oxygen atoms in total. The first kappa shape index (κ1) is 16.0. The van der Waals surface area contributed by atoms with Gasteiger partial charge in [0, 0.05) is 31.4 Å². The highest BCUT2D eigenvalue weighted by molar-refractivity contribution is 7.18. The predicted molar refractivity (Wildman–Crippen MR) is 96.2 cm³/mol. The second-order valence-corrected chi connectivity index (χ2v) is 7.51. The largest absolute Gasteiger partial charge is 0.338 e. The summed E-state index contributed by atoms with van der Waals surface area (Å²) in [7, 11) is 1.86. The van der Waals surface area contributed by atoms with Crippen molar-refractivity contribution < 1.29 is 9.72 Å². The van der Waals surface area contributed by atoms with Gasteiger partial charge < -0.3 is 4.90 Å². The van der Waals surface area contributed by atoms with Gasteiger partial charge in [-0.2, -0.15) is 0 Å². The van der Waals surface area contributed by atoms with E-state index in [1.807, 2.05) is 11.9 Å². The lowest BCUT2D eigenvalue weighted by Crippen LogP contribution is -2.37. The van der Waals surface area contributed by atoms with Crippen molar-refractivity contribution in [1.82, 2.24) is 14.3 Å². The maximum Gasteiger partial charge on any atom is 0.271 e. The third-order valence-electron chi connectivity index (χ3n) is 4.95. The normalized spacial score (nSPS) is 15.7. The average Bonchev–Trinajstić information content (AvgIpc) is 3.18. The molecule has 1 fully saturated rings. The Hall–Kier alpha value is -2.48. The molecule has 0 radical (unpaired) electrons. The molecule has 0 spiro atoms. The number of nitro groups is 1. The molecule has 0 N–H and O–H groups in total. The Morgan fingerprint density at radius 1 is 1.36 bits per heavy atom. The monoisotopic (exact) mass is 358 g/mol. The summed E-state index contributed by atoms with van der Waals surface area (Å²) in [6.45, 7) is 0. The van der Waals surface area contributed by atoms with Crippen molar-refractivity contribution in [1.29, 1.82) is 0 Å². The van der Waals surface area contributed by atoms with E-state index < -0.39 is 4.92 Å². The molecule has 0 bridgehead atoms. The molecular formula is C17H18N4O3S. The lowest BCUT2D eigenvalue weighted by atomic mass is 9.94. The van der Waals surface area contributed by atoms with Gasteiger partial charge >= 0.3 is 0 Å². The standard InChI is InChI=1S/C17H18N4O3S/c1-19(11-5-3-2-4-6-11)16(22)15-10-20-14-9-12(21(23)24)7-8-13(14)18-17(20)25-15/h7-11H,2-6H2,1H3. The fraction of sp³-hybridized carbons (Fsp3) is 0.412. The Labute approximate surface area is 148 Å². The molecule has 1 aliphatic carbocycles.